The summed E-state index contributed by atoms with van der Waals surface area (Å²) >= 11 is 3.34. The first-order valence-electron chi connectivity index (χ1n) is 6.46. The monoisotopic (exact) mass is 335 g/mol. The molecule has 0 radical (unpaired) electrons. The molecule has 1 aliphatic carbocycles. The molecule has 1 saturated carbocycles. The van der Waals surface area contributed by atoms with Crippen LogP contribution in [0.4, 0.5) is 5.69 Å². The Balaban J connectivity index is 1.66. The molecule has 1 heterocycles. The number of hydrogen-bond donors (Lipinski definition) is 1. The van der Waals surface area contributed by atoms with Crippen LogP contribution >= 0.6 is 15.9 Å². The average Bonchev–Trinajstić information content (AvgIpc) is 3.19. The van der Waals surface area contributed by atoms with E-state index in [9.17, 15) is 9.59 Å². The van der Waals surface area contributed by atoms with Crippen LogP contribution in [0.1, 0.15) is 18.9 Å². The molecule has 1 N–H and O–H groups in total. The predicted octanol–water partition coefficient (Wildman–Crippen LogP) is 2.39. The Kier molecular flexibility index (Phi) is 3.48. The van der Waals surface area contributed by atoms with Gasteiger partial charge in [0.1, 0.15) is 6.54 Å². The largest absolute Gasteiger partial charge is 0.328 e. The number of benzene rings is 1. The highest BCUT2D eigenvalue weighted by atomic mass is 79.9. The lowest BCUT2D eigenvalue weighted by atomic mass is 10.3. The summed E-state index contributed by atoms with van der Waals surface area (Å²) in [5, 5.41) is 2.77. The van der Waals surface area contributed by atoms with Crippen LogP contribution in [0.3, 0.4) is 0 Å². The molecule has 20 heavy (non-hydrogen) atoms. The SMILES string of the molecule is O=C(Cn1ccn(C2CC2)c1=O)Nc1ccc(Br)cc1. The Bertz CT molecular complexity index is 683. The molecule has 3 rings (SSSR count). The van der Waals surface area contributed by atoms with Crippen molar-refractivity contribution >= 4 is 27.5 Å². The number of hydrogen-bond acceptors (Lipinski definition) is 2. The van der Waals surface area contributed by atoms with E-state index in [1.165, 1.54) is 4.57 Å². The van der Waals surface area contributed by atoms with Crippen molar-refractivity contribution in [1.82, 2.24) is 9.13 Å². The molecule has 1 fully saturated rings. The van der Waals surface area contributed by atoms with Gasteiger partial charge in [-0.1, -0.05) is 15.9 Å². The second-order valence-electron chi connectivity index (χ2n) is 4.90. The highest BCUT2D eigenvalue weighted by molar-refractivity contribution is 9.10. The second kappa shape index (κ2) is 5.28. The zero-order valence-corrected chi connectivity index (χ0v) is 12.3. The average molecular weight is 336 g/mol. The van der Waals surface area contributed by atoms with Gasteiger partial charge in [0.25, 0.3) is 0 Å². The molecule has 0 aliphatic heterocycles. The van der Waals surface area contributed by atoms with Gasteiger partial charge in [-0.05, 0) is 37.1 Å². The fraction of sp³-hybridized carbons (Fsp3) is 0.286. The second-order valence-corrected chi connectivity index (χ2v) is 5.82. The Morgan fingerprint density at radius 2 is 1.95 bits per heavy atom. The number of aromatic nitrogens is 2. The highest BCUT2D eigenvalue weighted by Crippen LogP contribution is 2.33. The minimum atomic E-state index is -0.206. The molecule has 0 unspecified atom stereocenters. The van der Waals surface area contributed by atoms with Gasteiger partial charge in [-0.25, -0.2) is 4.79 Å². The summed E-state index contributed by atoms with van der Waals surface area (Å²) in [6.07, 6.45) is 5.53. The van der Waals surface area contributed by atoms with Gasteiger partial charge in [0.2, 0.25) is 5.91 Å². The van der Waals surface area contributed by atoms with Crippen molar-refractivity contribution < 1.29 is 4.79 Å². The number of anilines is 1. The third-order valence-corrected chi connectivity index (χ3v) is 3.78. The molecule has 6 heteroatoms. The van der Waals surface area contributed by atoms with Gasteiger partial charge in [0.15, 0.2) is 0 Å². The summed E-state index contributed by atoms with van der Waals surface area (Å²) in [6, 6.07) is 7.65. The van der Waals surface area contributed by atoms with Crippen molar-refractivity contribution in [3.05, 3.63) is 51.6 Å². The predicted molar refractivity (Wildman–Crippen MR) is 79.7 cm³/mol. The van der Waals surface area contributed by atoms with Gasteiger partial charge in [0.05, 0.1) is 0 Å². The molecule has 0 atom stereocenters. The number of halogens is 1. The van der Waals surface area contributed by atoms with Crippen molar-refractivity contribution in [2.75, 3.05) is 5.32 Å². The Hall–Kier alpha value is -1.82. The summed E-state index contributed by atoms with van der Waals surface area (Å²) in [4.78, 5) is 23.9. The molecule has 1 aliphatic rings. The lowest BCUT2D eigenvalue weighted by Crippen LogP contribution is -2.28. The van der Waals surface area contributed by atoms with Crippen LogP contribution in [0.15, 0.2) is 45.9 Å². The first-order valence-corrected chi connectivity index (χ1v) is 7.25. The van der Waals surface area contributed by atoms with E-state index >= 15 is 0 Å². The van der Waals surface area contributed by atoms with E-state index in [1.54, 1.807) is 29.1 Å². The zero-order chi connectivity index (χ0) is 14.1. The standard InChI is InChI=1S/C14H14BrN3O2/c15-10-1-3-11(4-2-10)16-13(19)9-17-7-8-18(14(17)20)12-5-6-12/h1-4,7-8,12H,5-6,9H2,(H,16,19). The number of amides is 1. The number of nitrogens with zero attached hydrogens (tertiary/aromatic N) is 2. The summed E-state index contributed by atoms with van der Waals surface area (Å²) < 4.78 is 4.09. The van der Waals surface area contributed by atoms with Crippen molar-refractivity contribution in [1.29, 1.82) is 0 Å². The third-order valence-electron chi connectivity index (χ3n) is 3.26. The normalized spacial score (nSPS) is 14.2. The molecule has 1 aromatic heterocycles. The molecule has 104 valence electrons. The maximum absolute atomic E-state index is 12.0. The fourth-order valence-electron chi connectivity index (χ4n) is 2.07. The van der Waals surface area contributed by atoms with E-state index < -0.39 is 0 Å². The van der Waals surface area contributed by atoms with Crippen molar-refractivity contribution in [3.8, 4) is 0 Å². The number of nitrogens with one attached hydrogen (secondary N) is 1. The molecule has 0 spiro atoms. The molecule has 2 aromatic rings. The van der Waals surface area contributed by atoms with E-state index in [4.69, 9.17) is 0 Å². The van der Waals surface area contributed by atoms with Crippen LogP contribution in [0.25, 0.3) is 0 Å². The summed E-state index contributed by atoms with van der Waals surface area (Å²) in [6.45, 7) is 0.0363. The third kappa shape index (κ3) is 2.85. The van der Waals surface area contributed by atoms with E-state index in [2.05, 4.69) is 21.2 Å². The van der Waals surface area contributed by atoms with Crippen molar-refractivity contribution in [3.63, 3.8) is 0 Å². The van der Waals surface area contributed by atoms with Crippen LogP contribution in [0.2, 0.25) is 0 Å². The molecule has 0 bridgehead atoms. The maximum Gasteiger partial charge on any atom is 0.328 e. The van der Waals surface area contributed by atoms with Crippen LogP contribution in [0, 0.1) is 0 Å². The number of carbonyl (C=O) groups excluding carboxylic acids is 1. The molecule has 1 amide bonds. The Morgan fingerprint density at radius 1 is 1.25 bits per heavy atom. The van der Waals surface area contributed by atoms with Gasteiger partial charge in [-0.3, -0.25) is 13.9 Å². The molecular formula is C14H14BrN3O2. The van der Waals surface area contributed by atoms with Crippen LogP contribution in [0.5, 0.6) is 0 Å². The minimum absolute atomic E-state index is 0.0363. The Morgan fingerprint density at radius 3 is 2.60 bits per heavy atom. The quantitative estimate of drug-likeness (QED) is 0.932. The van der Waals surface area contributed by atoms with Gasteiger partial charge >= 0.3 is 5.69 Å². The number of carbonyl (C=O) groups is 1. The van der Waals surface area contributed by atoms with E-state index in [-0.39, 0.29) is 18.1 Å². The summed E-state index contributed by atoms with van der Waals surface area (Å²) in [5.41, 5.74) is 0.603. The van der Waals surface area contributed by atoms with Gasteiger partial charge < -0.3 is 5.32 Å². The maximum atomic E-state index is 12.0. The van der Waals surface area contributed by atoms with Crippen LogP contribution in [-0.2, 0) is 11.3 Å². The summed E-state index contributed by atoms with van der Waals surface area (Å²) in [7, 11) is 0. The van der Waals surface area contributed by atoms with Crippen molar-refractivity contribution in [2.45, 2.75) is 25.4 Å². The summed E-state index contributed by atoms with van der Waals surface area (Å²) in [5.74, 6) is -0.206. The topological polar surface area (TPSA) is 56.0 Å². The molecule has 1 aromatic carbocycles. The minimum Gasteiger partial charge on any atom is -0.325 e. The number of imidazole rings is 1. The van der Waals surface area contributed by atoms with Gasteiger partial charge in [0, 0.05) is 28.6 Å². The van der Waals surface area contributed by atoms with Crippen molar-refractivity contribution in [2.24, 2.45) is 0 Å². The smallest absolute Gasteiger partial charge is 0.325 e. The molecule has 5 nitrogen and oxygen atoms in total. The highest BCUT2D eigenvalue weighted by Gasteiger charge is 2.25. The van der Waals surface area contributed by atoms with E-state index in [0.29, 0.717) is 11.7 Å². The molecule has 0 saturated heterocycles. The molecular weight excluding hydrogens is 322 g/mol. The lowest BCUT2D eigenvalue weighted by molar-refractivity contribution is -0.116. The number of rotatable bonds is 4. The fourth-order valence-corrected chi connectivity index (χ4v) is 2.33. The first kappa shape index (κ1) is 13.2. The van der Waals surface area contributed by atoms with E-state index in [0.717, 1.165) is 17.3 Å². The van der Waals surface area contributed by atoms with Gasteiger partial charge in [-0.2, -0.15) is 0 Å². The lowest BCUT2D eigenvalue weighted by Gasteiger charge is -2.05. The first-order chi connectivity index (χ1) is 9.63. The van der Waals surface area contributed by atoms with Gasteiger partial charge in [-0.15, -0.1) is 0 Å². The van der Waals surface area contributed by atoms with E-state index in [1.807, 2.05) is 12.1 Å². The Labute approximate surface area is 124 Å². The van der Waals surface area contributed by atoms with Crippen LogP contribution in [-0.4, -0.2) is 15.0 Å². The van der Waals surface area contributed by atoms with Crippen LogP contribution < -0.4 is 11.0 Å². The zero-order valence-electron chi connectivity index (χ0n) is 10.8.